The number of likely N-dealkylation sites (tertiary alicyclic amines) is 1. The van der Waals surface area contributed by atoms with Crippen molar-refractivity contribution < 1.29 is 9.53 Å². The highest BCUT2D eigenvalue weighted by Crippen LogP contribution is 2.16. The van der Waals surface area contributed by atoms with Crippen LogP contribution in [0.4, 0.5) is 5.69 Å². The number of carbonyl (C=O) groups is 1. The van der Waals surface area contributed by atoms with Crippen molar-refractivity contribution in [2.75, 3.05) is 44.7 Å². The van der Waals surface area contributed by atoms with Crippen molar-refractivity contribution in [2.24, 2.45) is 0 Å². The lowest BCUT2D eigenvalue weighted by Crippen LogP contribution is -2.29. The first-order chi connectivity index (χ1) is 11.8. The zero-order valence-corrected chi connectivity index (χ0v) is 14.9. The average Bonchev–Trinajstić information content (AvgIpc) is 2.61. The van der Waals surface area contributed by atoms with Gasteiger partial charge < -0.3 is 15.4 Å². The molecule has 1 heterocycles. The van der Waals surface area contributed by atoms with E-state index in [1.165, 1.54) is 37.9 Å². The summed E-state index contributed by atoms with van der Waals surface area (Å²) in [5.74, 6) is -0.0413. The summed E-state index contributed by atoms with van der Waals surface area (Å²) in [6, 6.07) is 8.66. The molecule has 0 atom stereocenters. The Bertz CT molecular complexity index is 487. The van der Waals surface area contributed by atoms with Gasteiger partial charge in [-0.25, -0.2) is 0 Å². The number of nitrogens with one attached hydrogen (secondary N) is 2. The number of rotatable bonds is 10. The number of ether oxygens (including phenoxy) is 1. The monoisotopic (exact) mass is 333 g/mol. The summed E-state index contributed by atoms with van der Waals surface area (Å²) in [6.45, 7) is 7.62. The highest BCUT2D eigenvalue weighted by atomic mass is 16.5. The highest BCUT2D eigenvalue weighted by molar-refractivity contribution is 5.77. The van der Waals surface area contributed by atoms with Crippen LogP contribution in [0.15, 0.2) is 24.3 Å². The maximum atomic E-state index is 11.4. The Kier molecular flexibility index (Phi) is 8.63. The molecule has 1 amide bonds. The number of nitrogens with zero attached hydrogens (tertiary/aromatic N) is 1. The predicted octanol–water partition coefficient (Wildman–Crippen LogP) is 2.63. The van der Waals surface area contributed by atoms with Crippen molar-refractivity contribution >= 4 is 11.6 Å². The molecule has 1 aromatic carbocycles. The van der Waals surface area contributed by atoms with Gasteiger partial charge in [0.2, 0.25) is 5.91 Å². The van der Waals surface area contributed by atoms with Crippen molar-refractivity contribution in [1.29, 1.82) is 0 Å². The van der Waals surface area contributed by atoms with Crippen molar-refractivity contribution in [3.8, 4) is 0 Å². The summed E-state index contributed by atoms with van der Waals surface area (Å²) < 4.78 is 5.07. The first-order valence-corrected chi connectivity index (χ1v) is 9.17. The third kappa shape index (κ3) is 7.32. The predicted molar refractivity (Wildman–Crippen MR) is 98.2 cm³/mol. The summed E-state index contributed by atoms with van der Waals surface area (Å²) in [5.41, 5.74) is 2.53. The van der Waals surface area contributed by atoms with Gasteiger partial charge in [-0.2, -0.15) is 0 Å². The van der Waals surface area contributed by atoms with E-state index in [1.807, 2.05) is 6.92 Å². The van der Waals surface area contributed by atoms with E-state index in [2.05, 4.69) is 39.8 Å². The Labute approximate surface area is 145 Å². The lowest BCUT2D eigenvalue weighted by Gasteiger charge is -2.26. The average molecular weight is 333 g/mol. The van der Waals surface area contributed by atoms with Gasteiger partial charge in [-0.05, 0) is 57.0 Å². The Hall–Kier alpha value is -1.59. The normalized spacial score (nSPS) is 15.2. The Morgan fingerprint density at radius 2 is 2.04 bits per heavy atom. The molecule has 1 aliphatic heterocycles. The molecule has 1 aliphatic rings. The lowest BCUT2D eigenvalue weighted by atomic mass is 10.1. The van der Waals surface area contributed by atoms with Crippen LogP contribution in [-0.4, -0.2) is 50.2 Å². The molecular formula is C19H31N3O2. The molecule has 0 radical (unpaired) electrons. The van der Waals surface area contributed by atoms with Gasteiger partial charge in [-0.3, -0.25) is 9.69 Å². The van der Waals surface area contributed by atoms with Crippen LogP contribution in [0.2, 0.25) is 0 Å². The fourth-order valence-corrected chi connectivity index (χ4v) is 2.95. The quantitative estimate of drug-likeness (QED) is 0.646. The first kappa shape index (κ1) is 18.7. The third-order valence-corrected chi connectivity index (χ3v) is 4.22. The summed E-state index contributed by atoms with van der Waals surface area (Å²) in [4.78, 5) is 13.9. The fraction of sp³-hybridized carbons (Fsp3) is 0.632. The van der Waals surface area contributed by atoms with Gasteiger partial charge in [0.15, 0.2) is 0 Å². The Morgan fingerprint density at radius 1 is 1.21 bits per heavy atom. The van der Waals surface area contributed by atoms with Crippen LogP contribution >= 0.6 is 0 Å². The second-order valence-corrected chi connectivity index (χ2v) is 6.30. The minimum absolute atomic E-state index is 0.0413. The minimum Gasteiger partial charge on any atom is -0.385 e. The van der Waals surface area contributed by atoms with Gasteiger partial charge in [-0.1, -0.05) is 18.6 Å². The molecule has 5 heteroatoms. The number of amides is 1. The molecular weight excluding hydrogens is 302 g/mol. The number of anilines is 1. The number of piperidine rings is 1. The van der Waals surface area contributed by atoms with E-state index in [4.69, 9.17) is 4.74 Å². The zero-order valence-electron chi connectivity index (χ0n) is 14.9. The number of benzene rings is 1. The van der Waals surface area contributed by atoms with Gasteiger partial charge in [0.05, 0.1) is 0 Å². The maximum Gasteiger partial charge on any atom is 0.245 e. The number of hydrogen-bond acceptors (Lipinski definition) is 4. The van der Waals surface area contributed by atoms with Crippen LogP contribution in [0, 0.1) is 0 Å². The molecule has 134 valence electrons. The van der Waals surface area contributed by atoms with Crippen LogP contribution < -0.4 is 10.6 Å². The van der Waals surface area contributed by atoms with Gasteiger partial charge in [0.1, 0.15) is 6.61 Å². The fourth-order valence-electron chi connectivity index (χ4n) is 2.95. The maximum absolute atomic E-state index is 11.4. The molecule has 2 rings (SSSR count). The van der Waals surface area contributed by atoms with E-state index in [0.717, 1.165) is 25.2 Å². The number of hydrogen-bond donors (Lipinski definition) is 2. The Morgan fingerprint density at radius 3 is 2.83 bits per heavy atom. The van der Waals surface area contributed by atoms with Gasteiger partial charge in [-0.15, -0.1) is 0 Å². The standard InChI is InChI=1S/C19H31N3O2/c1-2-24-16-19(23)21-11-7-10-20-18-9-6-8-17(14-18)15-22-12-4-3-5-13-22/h6,8-9,14,20H,2-5,7,10-13,15-16H2,1H3,(H,21,23). The SMILES string of the molecule is CCOCC(=O)NCCCNc1cccc(CN2CCCCC2)c1. The molecule has 0 aromatic heterocycles. The second-order valence-electron chi connectivity index (χ2n) is 6.30. The van der Waals surface area contributed by atoms with Gasteiger partial charge in [0, 0.05) is 31.9 Å². The third-order valence-electron chi connectivity index (χ3n) is 4.22. The van der Waals surface area contributed by atoms with E-state index in [1.54, 1.807) is 0 Å². The summed E-state index contributed by atoms with van der Waals surface area (Å²) in [6.07, 6.45) is 4.92. The first-order valence-electron chi connectivity index (χ1n) is 9.17. The molecule has 5 nitrogen and oxygen atoms in total. The van der Waals surface area contributed by atoms with E-state index in [-0.39, 0.29) is 12.5 Å². The van der Waals surface area contributed by atoms with Crippen LogP contribution in [0.5, 0.6) is 0 Å². The van der Waals surface area contributed by atoms with Crippen LogP contribution in [0.25, 0.3) is 0 Å². The van der Waals surface area contributed by atoms with Crippen LogP contribution in [-0.2, 0) is 16.1 Å². The summed E-state index contributed by atoms with van der Waals surface area (Å²) in [5, 5.41) is 6.30. The molecule has 24 heavy (non-hydrogen) atoms. The molecule has 1 saturated heterocycles. The molecule has 0 spiro atoms. The highest BCUT2D eigenvalue weighted by Gasteiger charge is 2.10. The summed E-state index contributed by atoms with van der Waals surface area (Å²) in [7, 11) is 0. The van der Waals surface area contributed by atoms with Crippen molar-refractivity contribution in [3.63, 3.8) is 0 Å². The zero-order chi connectivity index (χ0) is 17.0. The van der Waals surface area contributed by atoms with Gasteiger partial charge in [0.25, 0.3) is 0 Å². The molecule has 0 saturated carbocycles. The van der Waals surface area contributed by atoms with Crippen molar-refractivity contribution in [3.05, 3.63) is 29.8 Å². The van der Waals surface area contributed by atoms with Crippen LogP contribution in [0.1, 0.15) is 38.2 Å². The molecule has 2 N–H and O–H groups in total. The second kappa shape index (κ2) is 11.0. The van der Waals surface area contributed by atoms with Gasteiger partial charge >= 0.3 is 0 Å². The van der Waals surface area contributed by atoms with E-state index in [0.29, 0.717) is 13.2 Å². The molecule has 0 bridgehead atoms. The van der Waals surface area contributed by atoms with Crippen molar-refractivity contribution in [1.82, 2.24) is 10.2 Å². The smallest absolute Gasteiger partial charge is 0.245 e. The van der Waals surface area contributed by atoms with E-state index >= 15 is 0 Å². The van der Waals surface area contributed by atoms with Crippen LogP contribution in [0.3, 0.4) is 0 Å². The molecule has 1 aromatic rings. The molecule has 0 unspecified atom stereocenters. The largest absolute Gasteiger partial charge is 0.385 e. The minimum atomic E-state index is -0.0413. The summed E-state index contributed by atoms with van der Waals surface area (Å²) >= 11 is 0. The molecule has 1 fully saturated rings. The van der Waals surface area contributed by atoms with E-state index in [9.17, 15) is 4.79 Å². The Balaban J connectivity index is 1.64. The number of carbonyl (C=O) groups excluding carboxylic acids is 1. The topological polar surface area (TPSA) is 53.6 Å². The molecule has 0 aliphatic carbocycles. The van der Waals surface area contributed by atoms with E-state index < -0.39 is 0 Å². The lowest BCUT2D eigenvalue weighted by molar-refractivity contribution is -0.125. The van der Waals surface area contributed by atoms with Crippen molar-refractivity contribution in [2.45, 2.75) is 39.2 Å².